The summed E-state index contributed by atoms with van der Waals surface area (Å²) in [6.45, 7) is 0. The van der Waals surface area contributed by atoms with Gasteiger partial charge in [0.2, 0.25) is 0 Å². The van der Waals surface area contributed by atoms with E-state index in [1.54, 1.807) is 6.08 Å². The fourth-order valence-corrected chi connectivity index (χ4v) is 2.11. The van der Waals surface area contributed by atoms with Crippen molar-refractivity contribution in [1.29, 1.82) is 0 Å². The van der Waals surface area contributed by atoms with Gasteiger partial charge in [-0.15, -0.1) is 0 Å². The summed E-state index contributed by atoms with van der Waals surface area (Å²) in [6.07, 6.45) is 5.24. The van der Waals surface area contributed by atoms with Gasteiger partial charge in [-0.05, 0) is 17.4 Å². The second-order valence-corrected chi connectivity index (χ2v) is 3.84. The molecule has 0 fully saturated rings. The number of aliphatic hydroxyl groups excluding tert-OH is 1. The highest BCUT2D eigenvalue weighted by molar-refractivity contribution is 5.87. The lowest BCUT2D eigenvalue weighted by Gasteiger charge is -2.14. The third-order valence-corrected chi connectivity index (χ3v) is 2.87. The summed E-state index contributed by atoms with van der Waals surface area (Å²) < 4.78 is 0. The maximum absolute atomic E-state index is 9.45. The number of fused-ring (bicyclic) bond motifs is 3. The number of rotatable bonds is 0. The summed E-state index contributed by atoms with van der Waals surface area (Å²) in [6, 6.07) is 8.25. The van der Waals surface area contributed by atoms with E-state index >= 15 is 0 Å². The van der Waals surface area contributed by atoms with Crippen molar-refractivity contribution in [2.75, 3.05) is 0 Å². The summed E-state index contributed by atoms with van der Waals surface area (Å²) in [5.74, 6) is 0.435. The first kappa shape index (κ1) is 8.48. The van der Waals surface area contributed by atoms with Crippen LogP contribution in [0.3, 0.4) is 0 Å². The standard InChI is InChI=1S/C13H11NO/c15-10-5-6-12-11-4-2-1-3-9(11)8-14-13(12)7-10/h1-4,7-8,15H,5-6H2. The second-order valence-electron chi connectivity index (χ2n) is 3.84. The van der Waals surface area contributed by atoms with E-state index in [0.29, 0.717) is 5.76 Å². The first-order valence-electron chi connectivity index (χ1n) is 5.11. The second kappa shape index (κ2) is 3.09. The number of aliphatic hydroxyl groups is 1. The lowest BCUT2D eigenvalue weighted by Crippen LogP contribution is -2.01. The molecule has 0 amide bonds. The molecule has 2 nitrogen and oxygen atoms in total. The molecule has 0 unspecified atom stereocenters. The molecule has 2 aromatic rings. The van der Waals surface area contributed by atoms with Crippen LogP contribution in [0.15, 0.2) is 36.2 Å². The number of benzene rings is 1. The van der Waals surface area contributed by atoms with Gasteiger partial charge in [0.05, 0.1) is 11.5 Å². The highest BCUT2D eigenvalue weighted by Gasteiger charge is 2.13. The Labute approximate surface area is 87.9 Å². The van der Waals surface area contributed by atoms with Gasteiger partial charge in [-0.1, -0.05) is 24.3 Å². The van der Waals surface area contributed by atoms with E-state index < -0.39 is 0 Å². The number of hydrogen-bond acceptors (Lipinski definition) is 2. The number of hydrogen-bond donors (Lipinski definition) is 1. The molecule has 2 heteroatoms. The van der Waals surface area contributed by atoms with E-state index in [4.69, 9.17) is 0 Å². The zero-order valence-electron chi connectivity index (χ0n) is 8.27. The van der Waals surface area contributed by atoms with Crippen LogP contribution in [0, 0.1) is 0 Å². The molecule has 0 aliphatic heterocycles. The molecule has 3 rings (SSSR count). The minimum atomic E-state index is 0.435. The number of aromatic nitrogens is 1. The smallest absolute Gasteiger partial charge is 0.0947 e. The molecule has 0 spiro atoms. The van der Waals surface area contributed by atoms with Crippen molar-refractivity contribution in [3.05, 3.63) is 47.5 Å². The zero-order chi connectivity index (χ0) is 10.3. The third kappa shape index (κ3) is 1.30. The van der Waals surface area contributed by atoms with Crippen LogP contribution in [0.2, 0.25) is 0 Å². The lowest BCUT2D eigenvalue weighted by molar-refractivity contribution is 0.391. The molecule has 1 aliphatic carbocycles. The quantitative estimate of drug-likeness (QED) is 0.704. The average molecular weight is 197 g/mol. The van der Waals surface area contributed by atoms with Gasteiger partial charge in [0.15, 0.2) is 0 Å². The SMILES string of the molecule is OC1=Cc2ncc3ccccc3c2CC1. The summed E-state index contributed by atoms with van der Waals surface area (Å²) in [4.78, 5) is 4.36. The van der Waals surface area contributed by atoms with Crippen molar-refractivity contribution in [1.82, 2.24) is 4.98 Å². The Morgan fingerprint density at radius 1 is 1.13 bits per heavy atom. The Morgan fingerprint density at radius 3 is 2.93 bits per heavy atom. The Hall–Kier alpha value is -1.83. The average Bonchev–Trinajstić information content (AvgIpc) is 2.28. The molecule has 1 heterocycles. The van der Waals surface area contributed by atoms with Gasteiger partial charge < -0.3 is 5.11 Å². The fourth-order valence-electron chi connectivity index (χ4n) is 2.11. The number of aryl methyl sites for hydroxylation is 1. The van der Waals surface area contributed by atoms with E-state index in [1.165, 1.54) is 16.3 Å². The van der Waals surface area contributed by atoms with E-state index in [2.05, 4.69) is 17.1 Å². The first-order chi connectivity index (χ1) is 7.34. The number of nitrogens with zero attached hydrogens (tertiary/aromatic N) is 1. The monoisotopic (exact) mass is 197 g/mol. The van der Waals surface area contributed by atoms with E-state index in [-0.39, 0.29) is 0 Å². The van der Waals surface area contributed by atoms with Gasteiger partial charge in [-0.2, -0.15) is 0 Å². The molecule has 15 heavy (non-hydrogen) atoms. The maximum atomic E-state index is 9.45. The Morgan fingerprint density at radius 2 is 2.00 bits per heavy atom. The van der Waals surface area contributed by atoms with Gasteiger partial charge in [0.25, 0.3) is 0 Å². The molecule has 0 bridgehead atoms. The predicted octanol–water partition coefficient (Wildman–Crippen LogP) is 3.08. The summed E-state index contributed by atoms with van der Waals surface area (Å²) in [5, 5.41) is 11.9. The third-order valence-electron chi connectivity index (χ3n) is 2.87. The van der Waals surface area contributed by atoms with Gasteiger partial charge in [-0.25, -0.2) is 0 Å². The Kier molecular flexibility index (Phi) is 1.75. The molecule has 0 saturated carbocycles. The summed E-state index contributed by atoms with van der Waals surface area (Å²) >= 11 is 0. The highest BCUT2D eigenvalue weighted by Crippen LogP contribution is 2.27. The summed E-state index contributed by atoms with van der Waals surface area (Å²) in [7, 11) is 0. The van der Waals surface area contributed by atoms with Crippen molar-refractivity contribution in [3.63, 3.8) is 0 Å². The number of pyridine rings is 1. The van der Waals surface area contributed by atoms with Crippen LogP contribution in [0.1, 0.15) is 17.7 Å². The van der Waals surface area contributed by atoms with Crippen LogP contribution in [-0.4, -0.2) is 10.1 Å². The zero-order valence-corrected chi connectivity index (χ0v) is 8.27. The fraction of sp³-hybridized carbons (Fsp3) is 0.154. The molecule has 74 valence electrons. The largest absolute Gasteiger partial charge is 0.512 e. The van der Waals surface area contributed by atoms with Crippen LogP contribution < -0.4 is 0 Å². The van der Waals surface area contributed by atoms with Crippen molar-refractivity contribution in [2.24, 2.45) is 0 Å². The minimum Gasteiger partial charge on any atom is -0.512 e. The van der Waals surface area contributed by atoms with Crippen molar-refractivity contribution in [3.8, 4) is 0 Å². The van der Waals surface area contributed by atoms with Crippen LogP contribution >= 0.6 is 0 Å². The lowest BCUT2D eigenvalue weighted by atomic mass is 9.95. The minimum absolute atomic E-state index is 0.435. The van der Waals surface area contributed by atoms with Gasteiger partial charge in [0.1, 0.15) is 0 Å². The van der Waals surface area contributed by atoms with Gasteiger partial charge in [-0.3, -0.25) is 4.98 Å². The molecular weight excluding hydrogens is 186 g/mol. The normalized spacial score (nSPS) is 14.8. The molecule has 1 aromatic carbocycles. The molecular formula is C13H11NO. The molecule has 0 radical (unpaired) electrons. The van der Waals surface area contributed by atoms with Gasteiger partial charge in [0, 0.05) is 24.1 Å². The maximum Gasteiger partial charge on any atom is 0.0947 e. The van der Waals surface area contributed by atoms with Crippen LogP contribution in [0.5, 0.6) is 0 Å². The molecule has 0 atom stereocenters. The van der Waals surface area contributed by atoms with E-state index in [1.807, 2.05) is 18.3 Å². The topological polar surface area (TPSA) is 33.1 Å². The van der Waals surface area contributed by atoms with Gasteiger partial charge >= 0.3 is 0 Å². The predicted molar refractivity (Wildman–Crippen MR) is 60.7 cm³/mol. The number of allylic oxidation sites excluding steroid dienone is 1. The molecule has 0 saturated heterocycles. The Bertz CT molecular complexity index is 557. The van der Waals surface area contributed by atoms with E-state index in [9.17, 15) is 5.11 Å². The molecule has 1 aromatic heterocycles. The van der Waals surface area contributed by atoms with Crippen LogP contribution in [0.25, 0.3) is 16.8 Å². The van der Waals surface area contributed by atoms with Crippen molar-refractivity contribution >= 4 is 16.8 Å². The van der Waals surface area contributed by atoms with E-state index in [0.717, 1.165) is 18.5 Å². The van der Waals surface area contributed by atoms with Crippen LogP contribution in [0.4, 0.5) is 0 Å². The highest BCUT2D eigenvalue weighted by atomic mass is 16.3. The van der Waals surface area contributed by atoms with Crippen molar-refractivity contribution in [2.45, 2.75) is 12.8 Å². The van der Waals surface area contributed by atoms with Crippen molar-refractivity contribution < 1.29 is 5.11 Å². The molecule has 1 N–H and O–H groups in total. The first-order valence-corrected chi connectivity index (χ1v) is 5.11. The molecule has 1 aliphatic rings. The summed E-state index contributed by atoms with van der Waals surface area (Å²) in [5.41, 5.74) is 2.17. The van der Waals surface area contributed by atoms with Crippen LogP contribution in [-0.2, 0) is 6.42 Å². The Balaban J connectivity index is 2.35.